The molecule has 1 aromatic heterocycles. The zero-order valence-corrected chi connectivity index (χ0v) is 12.0. The number of hydrogen-bond donors (Lipinski definition) is 2. The third-order valence-corrected chi connectivity index (χ3v) is 4.01. The topological polar surface area (TPSA) is 60.2 Å². The van der Waals surface area contributed by atoms with Gasteiger partial charge in [-0.1, -0.05) is 43.4 Å². The number of benzene rings is 1. The number of rotatable bonds is 6. The maximum atomic E-state index is 5.91. The largest absolute Gasteiger partial charge is 0.488 e. The predicted molar refractivity (Wildman–Crippen MR) is 79.4 cm³/mol. The van der Waals surface area contributed by atoms with Crippen LogP contribution in [-0.2, 0) is 6.61 Å². The summed E-state index contributed by atoms with van der Waals surface area (Å²) < 4.78 is 5.91. The second kappa shape index (κ2) is 6.54. The van der Waals surface area contributed by atoms with Gasteiger partial charge in [-0.25, -0.2) is 10.8 Å². The highest BCUT2D eigenvalue weighted by atomic mass is 32.1. The molecule has 0 fully saturated rings. The lowest BCUT2D eigenvalue weighted by atomic mass is 9.98. The van der Waals surface area contributed by atoms with Gasteiger partial charge in [0, 0.05) is 6.20 Å². The minimum absolute atomic E-state index is 0.499. The molecule has 1 aromatic carbocycles. The van der Waals surface area contributed by atoms with Crippen LogP contribution in [0.4, 0.5) is 5.13 Å². The van der Waals surface area contributed by atoms with E-state index in [0.717, 1.165) is 17.0 Å². The molecule has 0 amide bonds. The average molecular weight is 277 g/mol. The number of nitrogen functional groups attached to an aromatic ring is 1. The third-order valence-electron chi connectivity index (χ3n) is 3.11. The van der Waals surface area contributed by atoms with Crippen molar-refractivity contribution in [3.63, 3.8) is 0 Å². The van der Waals surface area contributed by atoms with E-state index >= 15 is 0 Å². The highest BCUT2D eigenvalue weighted by molar-refractivity contribution is 7.15. The zero-order valence-electron chi connectivity index (χ0n) is 11.2. The molecule has 2 rings (SSSR count). The Bertz CT molecular complexity index is 527. The maximum absolute atomic E-state index is 5.91. The second-order valence-corrected chi connectivity index (χ2v) is 5.53. The quantitative estimate of drug-likeness (QED) is 0.626. The van der Waals surface area contributed by atoms with E-state index in [9.17, 15) is 0 Å². The summed E-state index contributed by atoms with van der Waals surface area (Å²) in [6.07, 6.45) is 2.88. The van der Waals surface area contributed by atoms with Crippen LogP contribution in [0.25, 0.3) is 0 Å². The third kappa shape index (κ3) is 3.45. The van der Waals surface area contributed by atoms with Crippen LogP contribution in [0, 0.1) is 0 Å². The van der Waals surface area contributed by atoms with E-state index in [0.29, 0.717) is 17.7 Å². The number of thiazole rings is 1. The molecular weight excluding hydrogens is 258 g/mol. The van der Waals surface area contributed by atoms with Gasteiger partial charge in [0.05, 0.1) is 4.88 Å². The molecule has 0 aliphatic rings. The molecule has 0 spiro atoms. The maximum Gasteiger partial charge on any atom is 0.197 e. The van der Waals surface area contributed by atoms with E-state index in [-0.39, 0.29) is 0 Å². The van der Waals surface area contributed by atoms with Gasteiger partial charge in [0.1, 0.15) is 12.4 Å². The molecule has 1 unspecified atom stereocenters. The molecule has 102 valence electrons. The molecular formula is C14H19N3OS. The number of ether oxygens (including phenoxy) is 1. The predicted octanol–water partition coefficient (Wildman–Crippen LogP) is 3.52. The van der Waals surface area contributed by atoms with Crippen molar-refractivity contribution in [1.82, 2.24) is 4.98 Å². The SMILES string of the molecule is CCC(C)c1ccccc1OCc1cnc(NN)s1. The Balaban J connectivity index is 2.06. The summed E-state index contributed by atoms with van der Waals surface area (Å²) in [5.41, 5.74) is 3.79. The standard InChI is InChI=1S/C14H19N3OS/c1-3-10(2)12-6-4-5-7-13(12)18-9-11-8-16-14(17-15)19-11/h4-8,10H,3,9,15H2,1-2H3,(H,16,17). The number of nitrogens with two attached hydrogens (primary N) is 1. The smallest absolute Gasteiger partial charge is 0.197 e. The van der Waals surface area contributed by atoms with Crippen LogP contribution in [0.15, 0.2) is 30.5 Å². The van der Waals surface area contributed by atoms with Crippen LogP contribution >= 0.6 is 11.3 Å². The zero-order chi connectivity index (χ0) is 13.7. The van der Waals surface area contributed by atoms with Gasteiger partial charge in [0.2, 0.25) is 0 Å². The van der Waals surface area contributed by atoms with Crippen molar-refractivity contribution < 1.29 is 4.74 Å². The number of hydrogen-bond acceptors (Lipinski definition) is 5. The van der Waals surface area contributed by atoms with Gasteiger partial charge in [-0.05, 0) is 24.0 Å². The van der Waals surface area contributed by atoms with Gasteiger partial charge < -0.3 is 4.74 Å². The molecule has 5 heteroatoms. The van der Waals surface area contributed by atoms with Gasteiger partial charge in [-0.3, -0.25) is 5.43 Å². The van der Waals surface area contributed by atoms with E-state index in [4.69, 9.17) is 10.6 Å². The number of hydrazine groups is 1. The molecule has 1 atom stereocenters. The van der Waals surface area contributed by atoms with Crippen LogP contribution in [-0.4, -0.2) is 4.98 Å². The van der Waals surface area contributed by atoms with E-state index in [1.807, 2.05) is 12.1 Å². The highest BCUT2D eigenvalue weighted by Crippen LogP contribution is 2.29. The van der Waals surface area contributed by atoms with E-state index in [2.05, 4.69) is 36.4 Å². The molecule has 4 nitrogen and oxygen atoms in total. The summed E-state index contributed by atoms with van der Waals surface area (Å²) in [7, 11) is 0. The lowest BCUT2D eigenvalue weighted by molar-refractivity contribution is 0.304. The summed E-state index contributed by atoms with van der Waals surface area (Å²) >= 11 is 1.50. The Hall–Kier alpha value is -1.59. The van der Waals surface area contributed by atoms with Crippen LogP contribution in [0.5, 0.6) is 5.75 Å². The molecule has 0 saturated heterocycles. The van der Waals surface area contributed by atoms with Gasteiger partial charge in [0.25, 0.3) is 0 Å². The van der Waals surface area contributed by atoms with Crippen molar-refractivity contribution in [3.05, 3.63) is 40.9 Å². The van der Waals surface area contributed by atoms with Crippen molar-refractivity contribution in [2.24, 2.45) is 5.84 Å². The molecule has 3 N–H and O–H groups in total. The molecule has 0 radical (unpaired) electrons. The Labute approximate surface area is 117 Å². The van der Waals surface area contributed by atoms with Crippen molar-refractivity contribution >= 4 is 16.5 Å². The van der Waals surface area contributed by atoms with Crippen molar-refractivity contribution in [2.45, 2.75) is 32.8 Å². The van der Waals surface area contributed by atoms with Gasteiger partial charge in [-0.2, -0.15) is 0 Å². The summed E-state index contributed by atoms with van der Waals surface area (Å²) in [6, 6.07) is 8.20. The van der Waals surface area contributed by atoms with E-state index < -0.39 is 0 Å². The Kier molecular flexibility index (Phi) is 4.76. The monoisotopic (exact) mass is 277 g/mol. The van der Waals surface area contributed by atoms with Crippen molar-refractivity contribution in [3.8, 4) is 5.75 Å². The fourth-order valence-corrected chi connectivity index (χ4v) is 2.46. The number of aromatic nitrogens is 1. The molecule has 0 aliphatic carbocycles. The minimum atomic E-state index is 0.499. The normalized spacial score (nSPS) is 12.2. The van der Waals surface area contributed by atoms with Crippen LogP contribution in [0.1, 0.15) is 36.6 Å². The first-order chi connectivity index (χ1) is 9.24. The van der Waals surface area contributed by atoms with Crippen LogP contribution in [0.3, 0.4) is 0 Å². The van der Waals surface area contributed by atoms with Crippen molar-refractivity contribution in [1.29, 1.82) is 0 Å². The average Bonchev–Trinajstić information content (AvgIpc) is 2.92. The summed E-state index contributed by atoms with van der Waals surface area (Å²) in [5.74, 6) is 6.76. The Morgan fingerprint density at radius 1 is 1.42 bits per heavy atom. The minimum Gasteiger partial charge on any atom is -0.488 e. The van der Waals surface area contributed by atoms with E-state index in [1.165, 1.54) is 16.9 Å². The number of nitrogens with one attached hydrogen (secondary N) is 1. The second-order valence-electron chi connectivity index (χ2n) is 4.41. The van der Waals surface area contributed by atoms with Gasteiger partial charge in [-0.15, -0.1) is 0 Å². The molecule has 1 heterocycles. The first-order valence-electron chi connectivity index (χ1n) is 6.37. The van der Waals surface area contributed by atoms with Gasteiger partial charge in [0.15, 0.2) is 5.13 Å². The number of anilines is 1. The molecule has 0 aliphatic heterocycles. The molecule has 2 aromatic rings. The lowest BCUT2D eigenvalue weighted by Gasteiger charge is -2.15. The van der Waals surface area contributed by atoms with Crippen LogP contribution in [0.2, 0.25) is 0 Å². The van der Waals surface area contributed by atoms with E-state index in [1.54, 1.807) is 6.20 Å². The first kappa shape index (κ1) is 13.8. The molecule has 0 saturated carbocycles. The fraction of sp³-hybridized carbons (Fsp3) is 0.357. The Morgan fingerprint density at radius 2 is 2.21 bits per heavy atom. The number of para-hydroxylation sites is 1. The van der Waals surface area contributed by atoms with Crippen molar-refractivity contribution in [2.75, 3.05) is 5.43 Å². The summed E-state index contributed by atoms with van der Waals surface area (Å²) in [5, 5.41) is 0.703. The molecule has 19 heavy (non-hydrogen) atoms. The number of nitrogens with zero attached hydrogens (tertiary/aromatic N) is 1. The summed E-state index contributed by atoms with van der Waals surface area (Å²) in [4.78, 5) is 5.17. The Morgan fingerprint density at radius 3 is 2.89 bits per heavy atom. The van der Waals surface area contributed by atoms with Gasteiger partial charge >= 0.3 is 0 Å². The summed E-state index contributed by atoms with van der Waals surface area (Å²) in [6.45, 7) is 4.92. The highest BCUT2D eigenvalue weighted by Gasteiger charge is 2.10. The molecule has 0 bridgehead atoms. The lowest BCUT2D eigenvalue weighted by Crippen LogP contribution is -2.05. The fourth-order valence-electron chi connectivity index (χ4n) is 1.83. The first-order valence-corrected chi connectivity index (χ1v) is 7.19. The van der Waals surface area contributed by atoms with Crippen LogP contribution < -0.4 is 16.0 Å².